The minimum atomic E-state index is 0.0981. The molecule has 1 aliphatic rings. The van der Waals surface area contributed by atoms with E-state index in [1.807, 2.05) is 0 Å². The van der Waals surface area contributed by atoms with Crippen LogP contribution in [0.5, 0.6) is 5.75 Å². The summed E-state index contributed by atoms with van der Waals surface area (Å²) in [6.45, 7) is 8.27. The average molecular weight is 333 g/mol. The lowest BCUT2D eigenvalue weighted by molar-refractivity contribution is -0.0181. The highest BCUT2D eigenvalue weighted by molar-refractivity contribution is 6.35. The number of aromatic hydroxyl groups is 1. The van der Waals surface area contributed by atoms with Gasteiger partial charge in [0.15, 0.2) is 0 Å². The normalized spacial score (nSPS) is 21.4. The molecule has 2 atom stereocenters. The second-order valence-electron chi connectivity index (χ2n) is 5.54. The van der Waals surface area contributed by atoms with E-state index in [4.69, 9.17) is 27.9 Å². The smallest absolute Gasteiger partial charge is 0.138 e. The van der Waals surface area contributed by atoms with Gasteiger partial charge < -0.3 is 15.2 Å². The molecule has 1 saturated heterocycles. The molecule has 0 spiro atoms. The Hall–Kier alpha value is -0.520. The van der Waals surface area contributed by atoms with E-state index in [1.54, 1.807) is 12.1 Å². The highest BCUT2D eigenvalue weighted by Gasteiger charge is 2.23. The van der Waals surface area contributed by atoms with Crippen LogP contribution in [-0.4, -0.2) is 48.4 Å². The monoisotopic (exact) mass is 332 g/mol. The third kappa shape index (κ3) is 4.47. The number of phenolic OH excluding ortho intramolecular Hbond substituents is 1. The Morgan fingerprint density at radius 2 is 2.24 bits per heavy atom. The van der Waals surface area contributed by atoms with Gasteiger partial charge in [-0.05, 0) is 26.0 Å². The van der Waals surface area contributed by atoms with Crippen LogP contribution in [0.15, 0.2) is 12.1 Å². The molecule has 0 radical (unpaired) electrons. The topological polar surface area (TPSA) is 44.7 Å². The maximum atomic E-state index is 9.92. The van der Waals surface area contributed by atoms with Gasteiger partial charge in [0.05, 0.1) is 18.2 Å². The number of phenols is 1. The maximum absolute atomic E-state index is 9.92. The number of halogens is 2. The first-order chi connectivity index (χ1) is 9.99. The molecule has 6 heteroatoms. The molecule has 0 amide bonds. The van der Waals surface area contributed by atoms with Crippen LogP contribution in [0.4, 0.5) is 0 Å². The Morgan fingerprint density at radius 1 is 1.48 bits per heavy atom. The lowest BCUT2D eigenvalue weighted by Gasteiger charge is -2.38. The Kier molecular flexibility index (Phi) is 6.14. The van der Waals surface area contributed by atoms with Crippen LogP contribution in [0.3, 0.4) is 0 Å². The number of morpholine rings is 1. The first-order valence-corrected chi connectivity index (χ1v) is 7.95. The lowest BCUT2D eigenvalue weighted by Crippen LogP contribution is -2.51. The van der Waals surface area contributed by atoms with Crippen molar-refractivity contribution in [2.24, 2.45) is 0 Å². The van der Waals surface area contributed by atoms with E-state index in [9.17, 15) is 5.11 Å². The summed E-state index contributed by atoms with van der Waals surface area (Å²) >= 11 is 11.9. The van der Waals surface area contributed by atoms with E-state index >= 15 is 0 Å². The largest absolute Gasteiger partial charge is 0.506 e. The second kappa shape index (κ2) is 7.65. The van der Waals surface area contributed by atoms with Gasteiger partial charge in [-0.2, -0.15) is 0 Å². The number of hydrogen-bond acceptors (Lipinski definition) is 4. The Labute approximate surface area is 136 Å². The molecule has 0 aromatic heterocycles. The fourth-order valence-electron chi connectivity index (χ4n) is 2.68. The third-order valence-electron chi connectivity index (χ3n) is 3.85. The van der Waals surface area contributed by atoms with Crippen LogP contribution in [-0.2, 0) is 11.3 Å². The van der Waals surface area contributed by atoms with Crippen LogP contribution in [0.2, 0.25) is 10.0 Å². The molecule has 21 heavy (non-hydrogen) atoms. The van der Waals surface area contributed by atoms with Gasteiger partial charge in [-0.3, -0.25) is 4.90 Å². The third-order valence-corrected chi connectivity index (χ3v) is 4.35. The van der Waals surface area contributed by atoms with E-state index in [-0.39, 0.29) is 10.8 Å². The predicted molar refractivity (Wildman–Crippen MR) is 86.3 cm³/mol. The van der Waals surface area contributed by atoms with Crippen LogP contribution < -0.4 is 5.32 Å². The van der Waals surface area contributed by atoms with Crippen molar-refractivity contribution >= 4 is 23.2 Å². The standard InChI is InChI=1S/C15H22Cl2N2O2/c1-10(19-3-4-21-9-11(19)2)7-18-8-12-5-13(16)6-14(17)15(12)20/h5-6,10-11,18,20H,3-4,7-9H2,1-2H3. The summed E-state index contributed by atoms with van der Waals surface area (Å²) in [6, 6.07) is 4.11. The van der Waals surface area contributed by atoms with Gasteiger partial charge >= 0.3 is 0 Å². The van der Waals surface area contributed by atoms with Crippen molar-refractivity contribution in [1.29, 1.82) is 0 Å². The molecule has 1 heterocycles. The van der Waals surface area contributed by atoms with Gasteiger partial charge in [0.2, 0.25) is 0 Å². The highest BCUT2D eigenvalue weighted by atomic mass is 35.5. The minimum Gasteiger partial charge on any atom is -0.506 e. The molecule has 0 aliphatic carbocycles. The van der Waals surface area contributed by atoms with Crippen LogP contribution in [0.1, 0.15) is 19.4 Å². The number of benzene rings is 1. The summed E-state index contributed by atoms with van der Waals surface area (Å²) in [6.07, 6.45) is 0. The first-order valence-electron chi connectivity index (χ1n) is 7.20. The summed E-state index contributed by atoms with van der Waals surface area (Å²) < 4.78 is 5.45. The van der Waals surface area contributed by atoms with E-state index in [0.717, 1.165) is 31.9 Å². The van der Waals surface area contributed by atoms with Gasteiger partial charge in [-0.25, -0.2) is 0 Å². The number of ether oxygens (including phenoxy) is 1. The van der Waals surface area contributed by atoms with Crippen LogP contribution >= 0.6 is 23.2 Å². The molecule has 2 N–H and O–H groups in total. The van der Waals surface area contributed by atoms with Gasteiger partial charge in [0.25, 0.3) is 0 Å². The maximum Gasteiger partial charge on any atom is 0.138 e. The van der Waals surface area contributed by atoms with E-state index in [2.05, 4.69) is 24.1 Å². The van der Waals surface area contributed by atoms with Crippen molar-refractivity contribution in [2.75, 3.05) is 26.3 Å². The van der Waals surface area contributed by atoms with E-state index in [0.29, 0.717) is 23.7 Å². The van der Waals surface area contributed by atoms with Crippen molar-refractivity contribution in [1.82, 2.24) is 10.2 Å². The summed E-state index contributed by atoms with van der Waals surface area (Å²) in [5.74, 6) is 0.0981. The summed E-state index contributed by atoms with van der Waals surface area (Å²) in [5, 5.41) is 14.1. The predicted octanol–water partition coefficient (Wildman–Crippen LogP) is 2.90. The van der Waals surface area contributed by atoms with Crippen LogP contribution in [0.25, 0.3) is 0 Å². The number of hydrogen-bond donors (Lipinski definition) is 2. The Balaban J connectivity index is 1.86. The van der Waals surface area contributed by atoms with Crippen molar-refractivity contribution in [3.8, 4) is 5.75 Å². The fourth-order valence-corrected chi connectivity index (χ4v) is 3.22. The van der Waals surface area contributed by atoms with Gasteiger partial charge in [-0.15, -0.1) is 0 Å². The molecule has 1 aromatic rings. The molecule has 1 aromatic carbocycles. The molecule has 118 valence electrons. The molecule has 4 nitrogen and oxygen atoms in total. The minimum absolute atomic E-state index is 0.0981. The molecule has 0 bridgehead atoms. The van der Waals surface area contributed by atoms with Crippen molar-refractivity contribution in [2.45, 2.75) is 32.5 Å². The fraction of sp³-hybridized carbons (Fsp3) is 0.600. The lowest BCUT2D eigenvalue weighted by atomic mass is 10.1. The number of nitrogens with zero attached hydrogens (tertiary/aromatic N) is 1. The average Bonchev–Trinajstić information content (AvgIpc) is 2.44. The zero-order chi connectivity index (χ0) is 15.4. The SMILES string of the molecule is CC(CNCc1cc(Cl)cc(Cl)c1O)N1CCOCC1C. The molecule has 1 fully saturated rings. The molecular formula is C15H22Cl2N2O2. The van der Waals surface area contributed by atoms with Crippen LogP contribution in [0, 0.1) is 0 Å². The summed E-state index contributed by atoms with van der Waals surface area (Å²) in [7, 11) is 0. The zero-order valence-corrected chi connectivity index (χ0v) is 13.9. The van der Waals surface area contributed by atoms with Gasteiger partial charge in [-0.1, -0.05) is 23.2 Å². The number of nitrogens with one attached hydrogen (secondary N) is 1. The highest BCUT2D eigenvalue weighted by Crippen LogP contribution is 2.30. The summed E-state index contributed by atoms with van der Waals surface area (Å²) in [4.78, 5) is 2.43. The molecular weight excluding hydrogens is 311 g/mol. The first kappa shape index (κ1) is 16.8. The number of rotatable bonds is 5. The quantitative estimate of drug-likeness (QED) is 0.870. The molecule has 1 aliphatic heterocycles. The van der Waals surface area contributed by atoms with Crippen molar-refractivity contribution in [3.63, 3.8) is 0 Å². The molecule has 2 rings (SSSR count). The zero-order valence-electron chi connectivity index (χ0n) is 12.4. The van der Waals surface area contributed by atoms with E-state index in [1.165, 1.54) is 0 Å². The van der Waals surface area contributed by atoms with E-state index < -0.39 is 0 Å². The Bertz CT molecular complexity index is 485. The Morgan fingerprint density at radius 3 is 2.95 bits per heavy atom. The van der Waals surface area contributed by atoms with Crippen molar-refractivity contribution < 1.29 is 9.84 Å². The molecule has 0 saturated carbocycles. The summed E-state index contributed by atoms with van der Waals surface area (Å²) in [5.41, 5.74) is 0.717. The van der Waals surface area contributed by atoms with Gasteiger partial charge in [0.1, 0.15) is 5.75 Å². The van der Waals surface area contributed by atoms with Crippen molar-refractivity contribution in [3.05, 3.63) is 27.7 Å². The second-order valence-corrected chi connectivity index (χ2v) is 6.38. The molecule has 2 unspecified atom stereocenters. The van der Waals surface area contributed by atoms with Gasteiger partial charge in [0, 0.05) is 42.3 Å².